The maximum Gasteiger partial charge on any atom is 0.336 e. The lowest BCUT2D eigenvalue weighted by molar-refractivity contribution is 0.122. The van der Waals surface area contributed by atoms with Crippen molar-refractivity contribution in [1.29, 1.82) is 0 Å². The van der Waals surface area contributed by atoms with Crippen LogP contribution in [0.25, 0.3) is 11.0 Å². The number of rotatable bonds is 5. The molecule has 4 nitrogen and oxygen atoms in total. The summed E-state index contributed by atoms with van der Waals surface area (Å²) in [5, 5.41) is 1.07. The van der Waals surface area contributed by atoms with Crippen molar-refractivity contribution in [1.82, 2.24) is 9.80 Å². The van der Waals surface area contributed by atoms with Crippen LogP contribution in [0.4, 0.5) is 0 Å². The number of fused-ring (bicyclic) bond motifs is 1. The van der Waals surface area contributed by atoms with E-state index in [1.54, 1.807) is 6.07 Å². The summed E-state index contributed by atoms with van der Waals surface area (Å²) < 4.78 is 6.53. The molecular formula is C23H25BrN2O2. The number of aryl methyl sites for hydroxylation is 1. The average molecular weight is 441 g/mol. The predicted octanol–water partition coefficient (Wildman–Crippen LogP) is 4.44. The minimum atomic E-state index is -0.264. The van der Waals surface area contributed by atoms with Crippen molar-refractivity contribution in [2.75, 3.05) is 26.2 Å². The van der Waals surface area contributed by atoms with Gasteiger partial charge in [0.15, 0.2) is 0 Å². The van der Waals surface area contributed by atoms with Gasteiger partial charge in [0, 0.05) is 55.2 Å². The van der Waals surface area contributed by atoms with E-state index in [1.165, 1.54) is 11.1 Å². The highest BCUT2D eigenvalue weighted by atomic mass is 79.9. The third-order valence-electron chi connectivity index (χ3n) is 5.45. The summed E-state index contributed by atoms with van der Waals surface area (Å²) in [7, 11) is 0. The molecule has 0 bridgehead atoms. The standard InChI is InChI=1S/C23H25BrN2O2/c1-2-17-6-7-22-21(13-17)19(14-23(27)28-22)16-26-10-8-25(9-11-26)15-18-4-3-5-20(24)12-18/h3-7,12-14H,2,8-11,15-16H2,1H3. The van der Waals surface area contributed by atoms with Gasteiger partial charge in [-0.15, -0.1) is 0 Å². The van der Waals surface area contributed by atoms with Crippen LogP contribution >= 0.6 is 15.9 Å². The summed E-state index contributed by atoms with van der Waals surface area (Å²) in [6.07, 6.45) is 0.975. The number of hydrogen-bond acceptors (Lipinski definition) is 4. The zero-order valence-electron chi connectivity index (χ0n) is 16.2. The van der Waals surface area contributed by atoms with Crippen LogP contribution in [0.1, 0.15) is 23.6 Å². The zero-order chi connectivity index (χ0) is 19.5. The Kier molecular flexibility index (Phi) is 5.95. The molecule has 2 aromatic carbocycles. The van der Waals surface area contributed by atoms with Crippen molar-refractivity contribution < 1.29 is 4.42 Å². The smallest absolute Gasteiger partial charge is 0.336 e. The predicted molar refractivity (Wildman–Crippen MR) is 117 cm³/mol. The third-order valence-corrected chi connectivity index (χ3v) is 5.95. The Labute approximate surface area is 173 Å². The number of halogens is 1. The molecular weight excluding hydrogens is 416 g/mol. The Morgan fingerprint density at radius 2 is 1.68 bits per heavy atom. The summed E-state index contributed by atoms with van der Waals surface area (Å²) in [6.45, 7) is 7.99. The normalized spacial score (nSPS) is 15.9. The molecule has 1 fully saturated rings. The lowest BCUT2D eigenvalue weighted by Gasteiger charge is -2.34. The minimum Gasteiger partial charge on any atom is -0.423 e. The van der Waals surface area contributed by atoms with E-state index >= 15 is 0 Å². The molecule has 1 saturated heterocycles. The maximum absolute atomic E-state index is 12.0. The Balaban J connectivity index is 1.44. The Hall–Kier alpha value is -1.95. The van der Waals surface area contributed by atoms with Gasteiger partial charge < -0.3 is 4.42 Å². The highest BCUT2D eigenvalue weighted by Crippen LogP contribution is 2.22. The van der Waals surface area contributed by atoms with Crippen molar-refractivity contribution in [2.45, 2.75) is 26.4 Å². The first kappa shape index (κ1) is 19.4. The first-order chi connectivity index (χ1) is 13.6. The molecule has 5 heteroatoms. The molecule has 0 atom stereocenters. The molecule has 0 unspecified atom stereocenters. The third kappa shape index (κ3) is 4.54. The van der Waals surface area contributed by atoms with Gasteiger partial charge in [-0.1, -0.05) is 41.1 Å². The second-order valence-electron chi connectivity index (χ2n) is 7.46. The molecule has 3 aromatic rings. The Bertz CT molecular complexity index is 1020. The Morgan fingerprint density at radius 1 is 0.929 bits per heavy atom. The molecule has 2 heterocycles. The van der Waals surface area contributed by atoms with Crippen LogP contribution in [-0.4, -0.2) is 36.0 Å². The van der Waals surface area contributed by atoms with Crippen molar-refractivity contribution in [3.8, 4) is 0 Å². The molecule has 0 spiro atoms. The molecule has 0 saturated carbocycles. The molecule has 0 N–H and O–H groups in total. The number of piperazine rings is 1. The van der Waals surface area contributed by atoms with Crippen molar-refractivity contribution in [3.05, 3.63) is 80.1 Å². The van der Waals surface area contributed by atoms with Crippen LogP contribution in [-0.2, 0) is 19.5 Å². The Morgan fingerprint density at radius 3 is 2.39 bits per heavy atom. The van der Waals surface area contributed by atoms with Gasteiger partial charge in [0.2, 0.25) is 0 Å². The van der Waals surface area contributed by atoms with Gasteiger partial charge in [0.1, 0.15) is 5.58 Å². The lowest BCUT2D eigenvalue weighted by atomic mass is 10.0. The monoisotopic (exact) mass is 440 g/mol. The van der Waals surface area contributed by atoms with Gasteiger partial charge in [0.05, 0.1) is 0 Å². The highest BCUT2D eigenvalue weighted by molar-refractivity contribution is 9.10. The second-order valence-corrected chi connectivity index (χ2v) is 8.37. The van der Waals surface area contributed by atoms with Gasteiger partial charge in [-0.3, -0.25) is 9.80 Å². The lowest BCUT2D eigenvalue weighted by Crippen LogP contribution is -2.45. The first-order valence-electron chi connectivity index (χ1n) is 9.85. The molecule has 0 aliphatic carbocycles. The molecule has 146 valence electrons. The summed E-state index contributed by atoms with van der Waals surface area (Å²) in [5.74, 6) is 0. The fourth-order valence-electron chi connectivity index (χ4n) is 3.87. The summed E-state index contributed by atoms with van der Waals surface area (Å²) in [4.78, 5) is 16.9. The van der Waals surface area contributed by atoms with Crippen LogP contribution in [0.2, 0.25) is 0 Å². The van der Waals surface area contributed by atoms with E-state index in [1.807, 2.05) is 12.1 Å². The molecule has 0 amide bonds. The molecule has 0 radical (unpaired) electrons. The minimum absolute atomic E-state index is 0.264. The average Bonchev–Trinajstić information content (AvgIpc) is 2.69. The van der Waals surface area contributed by atoms with Gasteiger partial charge >= 0.3 is 5.63 Å². The zero-order valence-corrected chi connectivity index (χ0v) is 17.7. The van der Waals surface area contributed by atoms with Crippen LogP contribution in [0, 0.1) is 0 Å². The fourth-order valence-corrected chi connectivity index (χ4v) is 4.31. The van der Waals surface area contributed by atoms with Gasteiger partial charge in [-0.2, -0.15) is 0 Å². The van der Waals surface area contributed by atoms with E-state index in [4.69, 9.17) is 4.42 Å². The van der Waals surface area contributed by atoms with E-state index in [0.717, 1.165) is 61.1 Å². The SMILES string of the molecule is CCc1ccc2oc(=O)cc(CN3CCN(Cc4cccc(Br)c4)CC3)c2c1. The highest BCUT2D eigenvalue weighted by Gasteiger charge is 2.18. The summed E-state index contributed by atoms with van der Waals surface area (Å²) in [6, 6.07) is 16.3. The molecule has 28 heavy (non-hydrogen) atoms. The topological polar surface area (TPSA) is 36.7 Å². The van der Waals surface area contributed by atoms with Gasteiger partial charge in [-0.05, 0) is 47.4 Å². The summed E-state index contributed by atoms with van der Waals surface area (Å²) >= 11 is 3.55. The number of hydrogen-bond donors (Lipinski definition) is 0. The first-order valence-corrected chi connectivity index (χ1v) is 10.6. The van der Waals surface area contributed by atoms with Crippen molar-refractivity contribution in [3.63, 3.8) is 0 Å². The number of nitrogens with zero attached hydrogens (tertiary/aromatic N) is 2. The van der Waals surface area contributed by atoms with Crippen LogP contribution in [0.15, 0.2) is 62.2 Å². The van der Waals surface area contributed by atoms with E-state index in [2.05, 4.69) is 63.0 Å². The quantitative estimate of drug-likeness (QED) is 0.549. The van der Waals surface area contributed by atoms with Crippen LogP contribution in [0.3, 0.4) is 0 Å². The summed E-state index contributed by atoms with van der Waals surface area (Å²) in [5.41, 5.74) is 4.10. The van der Waals surface area contributed by atoms with Crippen molar-refractivity contribution >= 4 is 26.9 Å². The van der Waals surface area contributed by atoms with E-state index in [0.29, 0.717) is 5.58 Å². The van der Waals surface area contributed by atoms with Crippen LogP contribution < -0.4 is 5.63 Å². The van der Waals surface area contributed by atoms with Crippen molar-refractivity contribution in [2.24, 2.45) is 0 Å². The van der Waals surface area contributed by atoms with Crippen LogP contribution in [0.5, 0.6) is 0 Å². The second kappa shape index (κ2) is 8.60. The number of benzene rings is 2. The van der Waals surface area contributed by atoms with Gasteiger partial charge in [0.25, 0.3) is 0 Å². The van der Waals surface area contributed by atoms with E-state index in [-0.39, 0.29) is 5.63 Å². The molecule has 4 rings (SSSR count). The maximum atomic E-state index is 12.0. The molecule has 1 aromatic heterocycles. The van der Waals surface area contributed by atoms with E-state index in [9.17, 15) is 4.79 Å². The van der Waals surface area contributed by atoms with E-state index < -0.39 is 0 Å². The largest absolute Gasteiger partial charge is 0.423 e. The molecule has 1 aliphatic heterocycles. The molecule has 1 aliphatic rings. The van der Waals surface area contributed by atoms with Gasteiger partial charge in [-0.25, -0.2) is 4.79 Å². The fraction of sp³-hybridized carbons (Fsp3) is 0.348.